The number of aryl methyl sites for hydroxylation is 2. The number of carbonyl (C=O) groups excluding carboxylic acids is 2. The average molecular weight is 537 g/mol. The number of benzene rings is 2. The molecule has 0 radical (unpaired) electrons. The molecule has 0 spiro atoms. The Bertz CT molecular complexity index is 1360. The van der Waals surface area contributed by atoms with Gasteiger partial charge in [-0.2, -0.15) is 0 Å². The smallest absolute Gasteiger partial charge is 0.335 e. The standard InChI is InChI=1S/C25H24N6O4S2/c32-19(14-16-6-2-1-3-7-16)26-24-30-28-21(36-24)8-4-5-9-22-29-31-25(37-22)27-20(33)15-17-10-12-18(13-11-17)23(34)35/h1-3,6-7,10-13H,4-5,8-9,14-15H2,(H,34,35)(H,26,30,32)(H,27,31,33). The fraction of sp³-hybridized carbons (Fsp3) is 0.240. The molecule has 2 heterocycles. The van der Waals surface area contributed by atoms with Gasteiger partial charge in [-0.3, -0.25) is 9.59 Å². The lowest BCUT2D eigenvalue weighted by atomic mass is 10.1. The summed E-state index contributed by atoms with van der Waals surface area (Å²) in [5.74, 6) is -1.37. The van der Waals surface area contributed by atoms with Gasteiger partial charge in [-0.1, -0.05) is 65.1 Å². The molecule has 0 aliphatic carbocycles. The van der Waals surface area contributed by atoms with Crippen molar-refractivity contribution < 1.29 is 19.5 Å². The van der Waals surface area contributed by atoms with Crippen LogP contribution in [0.2, 0.25) is 0 Å². The molecule has 0 unspecified atom stereocenters. The summed E-state index contributed by atoms with van der Waals surface area (Å²) < 4.78 is 0. The van der Waals surface area contributed by atoms with Gasteiger partial charge in [-0.15, -0.1) is 20.4 Å². The highest BCUT2D eigenvalue weighted by atomic mass is 32.1. The largest absolute Gasteiger partial charge is 0.478 e. The Kier molecular flexibility index (Phi) is 9.00. The second-order valence-corrected chi connectivity index (χ2v) is 10.3. The first kappa shape index (κ1) is 26.0. The first-order valence-corrected chi connectivity index (χ1v) is 13.2. The zero-order valence-electron chi connectivity index (χ0n) is 19.7. The second kappa shape index (κ2) is 12.8. The normalized spacial score (nSPS) is 10.7. The summed E-state index contributed by atoms with van der Waals surface area (Å²) in [7, 11) is 0. The Morgan fingerprint density at radius 2 is 1.16 bits per heavy atom. The number of carboxylic acid groups (broad SMARTS) is 1. The van der Waals surface area contributed by atoms with Crippen molar-refractivity contribution in [2.75, 3.05) is 10.6 Å². The lowest BCUT2D eigenvalue weighted by Gasteiger charge is -2.02. The van der Waals surface area contributed by atoms with Crippen LogP contribution in [-0.2, 0) is 35.3 Å². The molecule has 190 valence electrons. The van der Waals surface area contributed by atoms with Crippen molar-refractivity contribution in [1.29, 1.82) is 0 Å². The van der Waals surface area contributed by atoms with Crippen molar-refractivity contribution in [3.63, 3.8) is 0 Å². The highest BCUT2D eigenvalue weighted by molar-refractivity contribution is 7.15. The van der Waals surface area contributed by atoms with Gasteiger partial charge in [0.15, 0.2) is 0 Å². The lowest BCUT2D eigenvalue weighted by Crippen LogP contribution is -2.14. The topological polar surface area (TPSA) is 147 Å². The van der Waals surface area contributed by atoms with Crippen LogP contribution < -0.4 is 10.6 Å². The number of aromatic carboxylic acids is 1. The maximum atomic E-state index is 12.3. The number of nitrogens with one attached hydrogen (secondary N) is 2. The van der Waals surface area contributed by atoms with E-state index in [1.54, 1.807) is 12.1 Å². The minimum absolute atomic E-state index is 0.116. The van der Waals surface area contributed by atoms with E-state index in [1.165, 1.54) is 34.8 Å². The molecular formula is C25H24N6O4S2. The molecule has 2 aromatic heterocycles. The molecule has 0 saturated carbocycles. The van der Waals surface area contributed by atoms with E-state index in [4.69, 9.17) is 5.11 Å². The van der Waals surface area contributed by atoms with Crippen molar-refractivity contribution in [3.05, 3.63) is 81.3 Å². The molecule has 0 saturated heterocycles. The van der Waals surface area contributed by atoms with Crippen LogP contribution in [0.25, 0.3) is 0 Å². The summed E-state index contributed by atoms with van der Waals surface area (Å²) in [6.45, 7) is 0. The number of unbranched alkanes of at least 4 members (excludes halogenated alkanes) is 1. The first-order valence-electron chi connectivity index (χ1n) is 11.6. The summed E-state index contributed by atoms with van der Waals surface area (Å²) in [5, 5.41) is 33.5. The van der Waals surface area contributed by atoms with Gasteiger partial charge in [0, 0.05) is 12.8 Å². The third kappa shape index (κ3) is 8.26. The van der Waals surface area contributed by atoms with Gasteiger partial charge >= 0.3 is 5.97 Å². The Morgan fingerprint density at radius 1 is 0.676 bits per heavy atom. The Hall–Kier alpha value is -4.03. The summed E-state index contributed by atoms with van der Waals surface area (Å²) in [5.41, 5.74) is 1.83. The molecule has 12 heteroatoms. The monoisotopic (exact) mass is 536 g/mol. The van der Waals surface area contributed by atoms with E-state index in [0.717, 1.165) is 41.3 Å². The number of nitrogens with zero attached hydrogens (tertiary/aromatic N) is 4. The Morgan fingerprint density at radius 3 is 1.65 bits per heavy atom. The van der Waals surface area contributed by atoms with Crippen molar-refractivity contribution in [1.82, 2.24) is 20.4 Å². The molecule has 0 atom stereocenters. The van der Waals surface area contributed by atoms with Gasteiger partial charge in [0.2, 0.25) is 22.1 Å². The van der Waals surface area contributed by atoms with Crippen LogP contribution in [0.1, 0.15) is 44.3 Å². The predicted octanol–water partition coefficient (Wildman–Crippen LogP) is 4.02. The number of anilines is 2. The highest BCUT2D eigenvalue weighted by Gasteiger charge is 2.12. The molecular weight excluding hydrogens is 512 g/mol. The number of rotatable bonds is 12. The molecule has 2 aromatic carbocycles. The Labute approximate surface area is 220 Å². The predicted molar refractivity (Wildman–Crippen MR) is 141 cm³/mol. The Balaban J connectivity index is 1.15. The molecule has 0 aliphatic rings. The molecule has 0 aliphatic heterocycles. The molecule has 10 nitrogen and oxygen atoms in total. The quantitative estimate of drug-likeness (QED) is 0.230. The number of carboxylic acids is 1. The molecule has 4 rings (SSSR count). The van der Waals surface area contributed by atoms with Crippen LogP contribution in [0.4, 0.5) is 10.3 Å². The van der Waals surface area contributed by atoms with Crippen LogP contribution in [0.5, 0.6) is 0 Å². The van der Waals surface area contributed by atoms with Crippen LogP contribution in [-0.4, -0.2) is 43.3 Å². The second-order valence-electron chi connectivity index (χ2n) is 8.15. The molecule has 0 bridgehead atoms. The summed E-state index contributed by atoms with van der Waals surface area (Å²) in [6.07, 6.45) is 3.62. The van der Waals surface area contributed by atoms with E-state index < -0.39 is 5.97 Å². The van der Waals surface area contributed by atoms with Gasteiger partial charge in [0.25, 0.3) is 0 Å². The van der Waals surface area contributed by atoms with E-state index >= 15 is 0 Å². The van der Waals surface area contributed by atoms with Crippen LogP contribution in [0.15, 0.2) is 54.6 Å². The van der Waals surface area contributed by atoms with E-state index in [1.807, 2.05) is 30.3 Å². The SMILES string of the molecule is O=C(Cc1ccccc1)Nc1nnc(CCCCc2nnc(NC(=O)Cc3ccc(C(=O)O)cc3)s2)s1. The first-order chi connectivity index (χ1) is 17.9. The van der Waals surface area contributed by atoms with Crippen molar-refractivity contribution in [2.24, 2.45) is 0 Å². The summed E-state index contributed by atoms with van der Waals surface area (Å²) >= 11 is 2.71. The number of amides is 2. The number of hydrogen-bond acceptors (Lipinski definition) is 9. The molecule has 0 fully saturated rings. The third-order valence-corrected chi connectivity index (χ3v) is 7.03. The van der Waals surface area contributed by atoms with E-state index in [2.05, 4.69) is 31.0 Å². The minimum atomic E-state index is -1.01. The van der Waals surface area contributed by atoms with Gasteiger partial charge in [-0.05, 0) is 36.1 Å². The van der Waals surface area contributed by atoms with Gasteiger partial charge in [0.05, 0.1) is 18.4 Å². The number of carbonyl (C=O) groups is 3. The molecule has 2 amide bonds. The zero-order valence-corrected chi connectivity index (χ0v) is 21.3. The number of hydrogen-bond donors (Lipinski definition) is 3. The third-order valence-electron chi connectivity index (χ3n) is 5.23. The fourth-order valence-corrected chi connectivity index (χ4v) is 5.02. The minimum Gasteiger partial charge on any atom is -0.478 e. The summed E-state index contributed by atoms with van der Waals surface area (Å²) in [4.78, 5) is 35.4. The lowest BCUT2D eigenvalue weighted by molar-refractivity contribution is -0.116. The van der Waals surface area contributed by atoms with E-state index in [-0.39, 0.29) is 23.8 Å². The highest BCUT2D eigenvalue weighted by Crippen LogP contribution is 2.20. The van der Waals surface area contributed by atoms with Crippen molar-refractivity contribution in [2.45, 2.75) is 38.5 Å². The van der Waals surface area contributed by atoms with Crippen LogP contribution in [0.3, 0.4) is 0 Å². The van der Waals surface area contributed by atoms with Gasteiger partial charge in [-0.25, -0.2) is 4.79 Å². The van der Waals surface area contributed by atoms with Crippen molar-refractivity contribution >= 4 is 50.7 Å². The van der Waals surface area contributed by atoms with Crippen molar-refractivity contribution in [3.8, 4) is 0 Å². The van der Waals surface area contributed by atoms with E-state index in [0.29, 0.717) is 22.2 Å². The van der Waals surface area contributed by atoms with Gasteiger partial charge < -0.3 is 15.7 Å². The number of aromatic nitrogens is 4. The molecule has 4 aromatic rings. The van der Waals surface area contributed by atoms with Crippen LogP contribution >= 0.6 is 22.7 Å². The van der Waals surface area contributed by atoms with E-state index in [9.17, 15) is 14.4 Å². The molecule has 3 N–H and O–H groups in total. The maximum absolute atomic E-state index is 12.3. The average Bonchev–Trinajstić information content (AvgIpc) is 3.51. The molecule has 37 heavy (non-hydrogen) atoms. The maximum Gasteiger partial charge on any atom is 0.335 e. The summed E-state index contributed by atoms with van der Waals surface area (Å²) in [6, 6.07) is 15.7. The fourth-order valence-electron chi connectivity index (χ4n) is 3.42. The zero-order chi connectivity index (χ0) is 26.0. The van der Waals surface area contributed by atoms with Gasteiger partial charge in [0.1, 0.15) is 10.0 Å². The van der Waals surface area contributed by atoms with Crippen LogP contribution in [0, 0.1) is 0 Å².